The molecule has 0 aromatic heterocycles. The van der Waals surface area contributed by atoms with Crippen LogP contribution in [0.2, 0.25) is 0 Å². The zero-order valence-electron chi connectivity index (χ0n) is 11.7. The molecule has 0 aliphatic rings. The van der Waals surface area contributed by atoms with Gasteiger partial charge in [-0.2, -0.15) is 8.42 Å². The fraction of sp³-hybridized carbons (Fsp3) is 0.909. The lowest BCUT2D eigenvalue weighted by atomic mass is 9.99. The van der Waals surface area contributed by atoms with E-state index >= 15 is 0 Å². The van der Waals surface area contributed by atoms with Crippen molar-refractivity contribution in [3.8, 4) is 0 Å². The fourth-order valence-electron chi connectivity index (χ4n) is 0.837. The highest BCUT2D eigenvalue weighted by atomic mass is 32.2. The van der Waals surface area contributed by atoms with E-state index in [1.54, 1.807) is 6.92 Å². The maximum absolute atomic E-state index is 11.5. The number of rotatable bonds is 7. The van der Waals surface area contributed by atoms with E-state index in [1.165, 1.54) is 0 Å². The van der Waals surface area contributed by atoms with Crippen molar-refractivity contribution in [3.05, 3.63) is 0 Å². The molecule has 0 saturated carbocycles. The van der Waals surface area contributed by atoms with Gasteiger partial charge in [-0.1, -0.05) is 25.9 Å². The van der Waals surface area contributed by atoms with Crippen LogP contribution in [0.1, 0.15) is 34.6 Å². The molecule has 0 bridgehead atoms. The zero-order chi connectivity index (χ0) is 14.2. The van der Waals surface area contributed by atoms with Crippen LogP contribution in [-0.2, 0) is 23.9 Å². The molecule has 0 atom stereocenters. The Balaban J connectivity index is 3.95. The summed E-state index contributed by atoms with van der Waals surface area (Å²) in [6.07, 6.45) is 0. The summed E-state index contributed by atoms with van der Waals surface area (Å²) in [6.45, 7) is 9.73. The third kappa shape index (κ3) is 10.3. The average Bonchev–Trinajstić information content (AvgIpc) is 2.22. The van der Waals surface area contributed by atoms with Gasteiger partial charge < -0.3 is 9.57 Å². The maximum Gasteiger partial charge on any atom is 0.270 e. The van der Waals surface area contributed by atoms with Crippen molar-refractivity contribution < 1.29 is 22.2 Å². The summed E-state index contributed by atoms with van der Waals surface area (Å²) in [4.78, 5) is 4.82. The van der Waals surface area contributed by atoms with Gasteiger partial charge in [0.25, 0.3) is 10.1 Å². The molecule has 0 fully saturated rings. The Bertz CT molecular complexity index is 356. The highest BCUT2D eigenvalue weighted by Gasteiger charge is 2.17. The summed E-state index contributed by atoms with van der Waals surface area (Å²) in [5.41, 5.74) is -0.197. The maximum atomic E-state index is 11.5. The summed E-state index contributed by atoms with van der Waals surface area (Å²) in [5, 5.41) is 3.60. The minimum Gasteiger partial charge on any atom is -0.479 e. The molecule has 6 nitrogen and oxygen atoms in total. The van der Waals surface area contributed by atoms with Gasteiger partial charge in [0, 0.05) is 6.92 Å². The second-order valence-electron chi connectivity index (χ2n) is 4.96. The van der Waals surface area contributed by atoms with Crippen molar-refractivity contribution in [1.29, 1.82) is 0 Å². The third-order valence-corrected chi connectivity index (χ3v) is 2.79. The van der Waals surface area contributed by atoms with Crippen LogP contribution in [0.4, 0.5) is 0 Å². The molecule has 0 aliphatic heterocycles. The molecule has 0 N–H and O–H groups in total. The van der Waals surface area contributed by atoms with Gasteiger partial charge in [0.15, 0.2) is 0 Å². The van der Waals surface area contributed by atoms with E-state index in [0.717, 1.165) is 0 Å². The average molecular weight is 281 g/mol. The van der Waals surface area contributed by atoms with Gasteiger partial charge in [-0.15, -0.1) is 0 Å². The van der Waals surface area contributed by atoms with Crippen LogP contribution >= 0.6 is 0 Å². The molecule has 18 heavy (non-hydrogen) atoms. The molecule has 0 aromatic carbocycles. The zero-order valence-corrected chi connectivity index (χ0v) is 12.5. The van der Waals surface area contributed by atoms with Crippen LogP contribution in [-0.4, -0.2) is 39.9 Å². The SMILES string of the molecule is CCO/C(C)=N/OCCS(=O)(=O)OCC(C)(C)C. The molecule has 0 heterocycles. The third-order valence-electron chi connectivity index (χ3n) is 1.64. The normalized spacial score (nSPS) is 13.5. The van der Waals surface area contributed by atoms with Crippen molar-refractivity contribution >= 4 is 16.0 Å². The van der Waals surface area contributed by atoms with E-state index in [9.17, 15) is 8.42 Å². The Morgan fingerprint density at radius 3 is 2.39 bits per heavy atom. The highest BCUT2D eigenvalue weighted by Crippen LogP contribution is 2.14. The van der Waals surface area contributed by atoms with E-state index < -0.39 is 10.1 Å². The van der Waals surface area contributed by atoms with Crippen molar-refractivity contribution in [2.45, 2.75) is 34.6 Å². The summed E-state index contributed by atoms with van der Waals surface area (Å²) in [7, 11) is -3.56. The van der Waals surface area contributed by atoms with E-state index in [-0.39, 0.29) is 24.4 Å². The van der Waals surface area contributed by atoms with Gasteiger partial charge in [-0.05, 0) is 12.3 Å². The first kappa shape index (κ1) is 17.2. The molecule has 7 heteroatoms. The molecular formula is C11H23NO5S. The molecule has 0 aromatic rings. The minimum atomic E-state index is -3.56. The summed E-state index contributed by atoms with van der Waals surface area (Å²) < 4.78 is 32.8. The standard InChI is InChI=1S/C11H23NO5S/c1-6-15-10(2)12-16-7-8-18(13,14)17-9-11(3,4)5/h6-9H2,1-5H3/b12-10+. The quantitative estimate of drug-likeness (QED) is 0.234. The van der Waals surface area contributed by atoms with Gasteiger partial charge >= 0.3 is 0 Å². The number of ether oxygens (including phenoxy) is 1. The second-order valence-corrected chi connectivity index (χ2v) is 6.72. The van der Waals surface area contributed by atoms with E-state index in [1.807, 2.05) is 27.7 Å². The molecule has 0 unspecified atom stereocenters. The lowest BCUT2D eigenvalue weighted by molar-refractivity contribution is 0.142. The fourth-order valence-corrected chi connectivity index (χ4v) is 1.77. The first-order chi connectivity index (χ1) is 8.16. The number of nitrogens with zero attached hydrogens (tertiary/aromatic N) is 1. The summed E-state index contributed by atoms with van der Waals surface area (Å²) in [5.74, 6) is 0.136. The minimum absolute atomic E-state index is 0.0586. The molecule has 108 valence electrons. The predicted octanol–water partition coefficient (Wildman–Crippen LogP) is 1.77. The van der Waals surface area contributed by atoms with Crippen LogP contribution in [0.3, 0.4) is 0 Å². The van der Waals surface area contributed by atoms with Crippen molar-refractivity contribution in [1.82, 2.24) is 0 Å². The Morgan fingerprint density at radius 2 is 1.89 bits per heavy atom. The molecule has 0 saturated heterocycles. The van der Waals surface area contributed by atoms with E-state index in [0.29, 0.717) is 12.5 Å². The molecule has 0 aliphatic carbocycles. The lowest BCUT2D eigenvalue weighted by Crippen LogP contribution is -2.22. The van der Waals surface area contributed by atoms with Crippen LogP contribution < -0.4 is 0 Å². The summed E-state index contributed by atoms with van der Waals surface area (Å²) in [6, 6.07) is 0. The first-order valence-corrected chi connectivity index (χ1v) is 7.40. The number of hydrogen-bond acceptors (Lipinski definition) is 6. The second kappa shape index (κ2) is 7.58. The van der Waals surface area contributed by atoms with E-state index in [2.05, 4.69) is 5.16 Å². The Morgan fingerprint density at radius 1 is 1.28 bits per heavy atom. The van der Waals surface area contributed by atoms with Gasteiger partial charge in [-0.25, -0.2) is 0 Å². The van der Waals surface area contributed by atoms with Crippen molar-refractivity contribution in [2.75, 3.05) is 25.6 Å². The summed E-state index contributed by atoms with van der Waals surface area (Å²) >= 11 is 0. The van der Waals surface area contributed by atoms with Gasteiger partial charge in [0.05, 0.1) is 13.2 Å². The number of hydrogen-bond donors (Lipinski definition) is 0. The van der Waals surface area contributed by atoms with Gasteiger partial charge in [-0.3, -0.25) is 4.18 Å². The Kier molecular flexibility index (Phi) is 7.23. The lowest BCUT2D eigenvalue weighted by Gasteiger charge is -2.17. The Hall–Kier alpha value is -0.820. The highest BCUT2D eigenvalue weighted by molar-refractivity contribution is 7.86. The largest absolute Gasteiger partial charge is 0.479 e. The van der Waals surface area contributed by atoms with Crippen LogP contribution in [0, 0.1) is 5.41 Å². The topological polar surface area (TPSA) is 74.2 Å². The first-order valence-electron chi connectivity index (χ1n) is 5.83. The van der Waals surface area contributed by atoms with Gasteiger partial charge in [0.1, 0.15) is 12.4 Å². The van der Waals surface area contributed by atoms with Crippen LogP contribution in [0.5, 0.6) is 0 Å². The molecule has 0 radical (unpaired) electrons. The van der Waals surface area contributed by atoms with Crippen LogP contribution in [0.25, 0.3) is 0 Å². The molecule has 0 amide bonds. The molecular weight excluding hydrogens is 258 g/mol. The van der Waals surface area contributed by atoms with Crippen molar-refractivity contribution in [2.24, 2.45) is 10.6 Å². The van der Waals surface area contributed by atoms with Crippen LogP contribution in [0.15, 0.2) is 5.16 Å². The van der Waals surface area contributed by atoms with E-state index in [4.69, 9.17) is 13.8 Å². The van der Waals surface area contributed by atoms with Crippen molar-refractivity contribution in [3.63, 3.8) is 0 Å². The Labute approximate surface area is 109 Å². The monoisotopic (exact) mass is 281 g/mol. The predicted molar refractivity (Wildman–Crippen MR) is 69.9 cm³/mol. The van der Waals surface area contributed by atoms with Gasteiger partial charge in [0.2, 0.25) is 5.90 Å². The number of oxime groups is 1. The smallest absolute Gasteiger partial charge is 0.270 e. The molecule has 0 rings (SSSR count). The molecule has 0 spiro atoms.